The first kappa shape index (κ1) is 15.1. The number of nitro groups is 1. The monoisotopic (exact) mass is 316 g/mol. The summed E-state index contributed by atoms with van der Waals surface area (Å²) in [6.07, 6.45) is 0. The second-order valence-corrected chi connectivity index (χ2v) is 4.60. The Morgan fingerprint density at radius 2 is 1.81 bits per heavy atom. The summed E-state index contributed by atoms with van der Waals surface area (Å²) in [5.41, 5.74) is -0.680. The third kappa shape index (κ3) is 3.63. The van der Waals surface area contributed by atoms with E-state index in [-0.39, 0.29) is 22.8 Å². The van der Waals surface area contributed by atoms with Crippen LogP contribution >= 0.6 is 11.6 Å². The number of hydrogen-bond acceptors (Lipinski definition) is 3. The molecule has 0 bridgehead atoms. The molecule has 0 fully saturated rings. The van der Waals surface area contributed by atoms with Crippen molar-refractivity contribution in [2.75, 3.05) is 5.32 Å². The SMILES string of the molecule is O=[N+]([O-])c1cc(CNc2cc(F)cc(Cl)c2)c(F)cc1F. The van der Waals surface area contributed by atoms with Crippen LogP contribution in [0.2, 0.25) is 5.02 Å². The molecule has 21 heavy (non-hydrogen) atoms. The van der Waals surface area contributed by atoms with Crippen LogP contribution in [0.3, 0.4) is 0 Å². The van der Waals surface area contributed by atoms with Crippen molar-refractivity contribution in [2.45, 2.75) is 6.54 Å². The summed E-state index contributed by atoms with van der Waals surface area (Å²) in [6.45, 7) is -0.188. The minimum absolute atomic E-state index is 0.122. The number of halogens is 4. The van der Waals surface area contributed by atoms with Crippen LogP contribution in [0.15, 0.2) is 30.3 Å². The van der Waals surface area contributed by atoms with Gasteiger partial charge in [0.2, 0.25) is 5.82 Å². The topological polar surface area (TPSA) is 55.2 Å². The summed E-state index contributed by atoms with van der Waals surface area (Å²) in [7, 11) is 0. The molecule has 0 saturated heterocycles. The summed E-state index contributed by atoms with van der Waals surface area (Å²) < 4.78 is 39.9. The molecule has 2 aromatic carbocycles. The number of benzene rings is 2. The van der Waals surface area contributed by atoms with Gasteiger partial charge in [0.05, 0.1) is 4.92 Å². The van der Waals surface area contributed by atoms with Gasteiger partial charge >= 0.3 is 5.69 Å². The van der Waals surface area contributed by atoms with Crippen LogP contribution in [0, 0.1) is 27.6 Å². The summed E-state index contributed by atoms with van der Waals surface area (Å²) in [6, 6.07) is 4.85. The molecule has 0 unspecified atom stereocenters. The van der Waals surface area contributed by atoms with E-state index in [1.165, 1.54) is 6.07 Å². The Morgan fingerprint density at radius 1 is 1.10 bits per heavy atom. The van der Waals surface area contributed by atoms with Crippen molar-refractivity contribution in [3.8, 4) is 0 Å². The van der Waals surface area contributed by atoms with Crippen molar-refractivity contribution in [1.29, 1.82) is 0 Å². The fourth-order valence-electron chi connectivity index (χ4n) is 1.71. The van der Waals surface area contributed by atoms with Gasteiger partial charge in [-0.2, -0.15) is 4.39 Å². The van der Waals surface area contributed by atoms with E-state index in [0.29, 0.717) is 6.07 Å². The summed E-state index contributed by atoms with van der Waals surface area (Å²) >= 11 is 5.66. The van der Waals surface area contributed by atoms with Crippen molar-refractivity contribution in [3.63, 3.8) is 0 Å². The van der Waals surface area contributed by atoms with Crippen LogP contribution in [0.4, 0.5) is 24.5 Å². The lowest BCUT2D eigenvalue weighted by molar-refractivity contribution is -0.387. The number of nitrogens with one attached hydrogen (secondary N) is 1. The highest BCUT2D eigenvalue weighted by Crippen LogP contribution is 2.23. The Bertz CT molecular complexity index is 690. The molecule has 0 heterocycles. The van der Waals surface area contributed by atoms with Gasteiger partial charge in [-0.25, -0.2) is 8.78 Å². The van der Waals surface area contributed by atoms with Gasteiger partial charge in [-0.15, -0.1) is 0 Å². The molecule has 0 spiro atoms. The fraction of sp³-hybridized carbons (Fsp3) is 0.0769. The number of nitrogens with zero attached hydrogens (tertiary/aromatic N) is 1. The maximum absolute atomic E-state index is 13.6. The zero-order valence-corrected chi connectivity index (χ0v) is 11.1. The second kappa shape index (κ2) is 6.01. The van der Waals surface area contributed by atoms with Gasteiger partial charge < -0.3 is 5.32 Å². The van der Waals surface area contributed by atoms with Crippen molar-refractivity contribution < 1.29 is 18.1 Å². The Hall–Kier alpha value is -2.28. The molecule has 110 valence electrons. The maximum Gasteiger partial charge on any atom is 0.305 e. The van der Waals surface area contributed by atoms with E-state index in [4.69, 9.17) is 11.6 Å². The minimum atomic E-state index is -1.25. The number of rotatable bonds is 4. The molecule has 2 rings (SSSR count). The molecular formula is C13H8ClF3N2O2. The number of nitro benzene ring substituents is 1. The summed E-state index contributed by atoms with van der Waals surface area (Å²) in [4.78, 5) is 9.66. The zero-order valence-electron chi connectivity index (χ0n) is 10.4. The van der Waals surface area contributed by atoms with Crippen molar-refractivity contribution >= 4 is 23.0 Å². The van der Waals surface area contributed by atoms with Gasteiger partial charge in [0, 0.05) is 35.0 Å². The molecule has 1 N–H and O–H groups in total. The Labute approximate surface area is 122 Å². The highest BCUT2D eigenvalue weighted by molar-refractivity contribution is 6.30. The van der Waals surface area contributed by atoms with Crippen LogP contribution in [-0.2, 0) is 6.54 Å². The smallest absolute Gasteiger partial charge is 0.305 e. The first-order valence-corrected chi connectivity index (χ1v) is 6.07. The lowest BCUT2D eigenvalue weighted by Gasteiger charge is -2.08. The molecule has 4 nitrogen and oxygen atoms in total. The average molecular weight is 317 g/mol. The molecule has 0 atom stereocenters. The number of anilines is 1. The van der Waals surface area contributed by atoms with Crippen LogP contribution < -0.4 is 5.32 Å². The molecule has 0 aromatic heterocycles. The van der Waals surface area contributed by atoms with Crippen LogP contribution in [0.1, 0.15) is 5.56 Å². The lowest BCUT2D eigenvalue weighted by atomic mass is 10.1. The molecule has 8 heteroatoms. The molecule has 0 amide bonds. The standard InChI is InChI=1S/C13H8ClF3N2O2/c14-8-2-9(15)4-10(3-8)18-6-7-1-13(19(20)21)12(17)5-11(7)16/h1-5,18H,6H2. The molecule has 0 radical (unpaired) electrons. The van der Waals surface area contributed by atoms with Crippen LogP contribution in [0.5, 0.6) is 0 Å². The normalized spacial score (nSPS) is 10.5. The van der Waals surface area contributed by atoms with Gasteiger partial charge in [-0.3, -0.25) is 10.1 Å². The third-order valence-electron chi connectivity index (χ3n) is 2.66. The highest BCUT2D eigenvalue weighted by Gasteiger charge is 2.18. The lowest BCUT2D eigenvalue weighted by Crippen LogP contribution is -2.04. The summed E-state index contributed by atoms with van der Waals surface area (Å²) in [5, 5.41) is 13.4. The molecule has 0 saturated carbocycles. The summed E-state index contributed by atoms with van der Waals surface area (Å²) in [5.74, 6) is -2.78. The first-order valence-electron chi connectivity index (χ1n) is 5.69. The molecule has 0 aliphatic carbocycles. The predicted molar refractivity (Wildman–Crippen MR) is 71.7 cm³/mol. The quantitative estimate of drug-likeness (QED) is 0.676. The van der Waals surface area contributed by atoms with E-state index in [1.807, 2.05) is 0 Å². The molecule has 0 aliphatic rings. The van der Waals surface area contributed by atoms with E-state index in [0.717, 1.165) is 18.2 Å². The van der Waals surface area contributed by atoms with Crippen LogP contribution in [0.25, 0.3) is 0 Å². The largest absolute Gasteiger partial charge is 0.381 e. The molecule has 2 aromatic rings. The van der Waals surface area contributed by atoms with E-state index < -0.39 is 28.1 Å². The van der Waals surface area contributed by atoms with Crippen LogP contribution in [-0.4, -0.2) is 4.92 Å². The first-order chi connectivity index (χ1) is 9.86. The maximum atomic E-state index is 13.6. The van der Waals surface area contributed by atoms with E-state index in [1.54, 1.807) is 0 Å². The fourth-order valence-corrected chi connectivity index (χ4v) is 1.93. The minimum Gasteiger partial charge on any atom is -0.381 e. The van der Waals surface area contributed by atoms with Crippen molar-refractivity contribution in [2.24, 2.45) is 0 Å². The highest BCUT2D eigenvalue weighted by atomic mass is 35.5. The van der Waals surface area contributed by atoms with E-state index in [2.05, 4.69) is 5.32 Å². The second-order valence-electron chi connectivity index (χ2n) is 4.16. The van der Waals surface area contributed by atoms with E-state index in [9.17, 15) is 23.3 Å². The number of hydrogen-bond donors (Lipinski definition) is 1. The van der Waals surface area contributed by atoms with E-state index >= 15 is 0 Å². The van der Waals surface area contributed by atoms with Gasteiger partial charge in [0.1, 0.15) is 11.6 Å². The average Bonchev–Trinajstić information content (AvgIpc) is 2.36. The van der Waals surface area contributed by atoms with Gasteiger partial charge in [-0.05, 0) is 18.2 Å². The van der Waals surface area contributed by atoms with Crippen molar-refractivity contribution in [3.05, 3.63) is 68.5 Å². The van der Waals surface area contributed by atoms with Gasteiger partial charge in [0.25, 0.3) is 0 Å². The van der Waals surface area contributed by atoms with Gasteiger partial charge in [0.15, 0.2) is 0 Å². The zero-order chi connectivity index (χ0) is 15.6. The Morgan fingerprint density at radius 3 is 2.43 bits per heavy atom. The Kier molecular flexibility index (Phi) is 4.32. The van der Waals surface area contributed by atoms with Gasteiger partial charge in [-0.1, -0.05) is 11.6 Å². The Balaban J connectivity index is 2.23. The molecular weight excluding hydrogens is 309 g/mol. The molecule has 0 aliphatic heterocycles. The third-order valence-corrected chi connectivity index (χ3v) is 2.88. The van der Waals surface area contributed by atoms with Crippen molar-refractivity contribution in [1.82, 2.24) is 0 Å². The predicted octanol–water partition coefficient (Wildman–Crippen LogP) is 4.28.